The smallest absolute Gasteiger partial charge is 0.244 e. The zero-order valence-corrected chi connectivity index (χ0v) is 19.4. The molecule has 8 heteroatoms. The molecule has 1 aromatic rings. The van der Waals surface area contributed by atoms with E-state index in [2.05, 4.69) is 32.7 Å². The van der Waals surface area contributed by atoms with Gasteiger partial charge in [-0.15, -0.1) is 0 Å². The number of amides is 2. The Morgan fingerprint density at radius 1 is 1.00 bits per heavy atom. The van der Waals surface area contributed by atoms with E-state index < -0.39 is 0 Å². The van der Waals surface area contributed by atoms with Gasteiger partial charge in [-0.2, -0.15) is 0 Å². The number of rotatable bonds is 8. The minimum atomic E-state index is 0.0603. The van der Waals surface area contributed by atoms with Crippen molar-refractivity contribution in [2.45, 2.75) is 39.0 Å². The van der Waals surface area contributed by atoms with Crippen LogP contribution in [-0.4, -0.2) is 86.5 Å². The normalized spacial score (nSPS) is 17.8. The molecule has 0 atom stereocenters. The lowest BCUT2D eigenvalue weighted by atomic mass is 10.2. The second-order valence-electron chi connectivity index (χ2n) is 8.37. The van der Waals surface area contributed by atoms with E-state index in [4.69, 9.17) is 0 Å². The zero-order valence-electron chi connectivity index (χ0n) is 19.4. The number of piperazine rings is 1. The average Bonchev–Trinajstić information content (AvgIpc) is 3.04. The largest absolute Gasteiger partial charge is 0.368 e. The van der Waals surface area contributed by atoms with Crippen LogP contribution in [0, 0.1) is 0 Å². The number of aliphatic imine (C=N–C) groups is 1. The van der Waals surface area contributed by atoms with Gasteiger partial charge in [-0.1, -0.05) is 24.6 Å². The summed E-state index contributed by atoms with van der Waals surface area (Å²) in [6.45, 7) is 8.38. The number of benzene rings is 1. The highest BCUT2D eigenvalue weighted by atomic mass is 16.2. The van der Waals surface area contributed by atoms with Crippen molar-refractivity contribution in [1.29, 1.82) is 0 Å². The summed E-state index contributed by atoms with van der Waals surface area (Å²) in [5.41, 5.74) is 1.21. The third-order valence-electron chi connectivity index (χ3n) is 6.04. The van der Waals surface area contributed by atoms with Gasteiger partial charge in [0.25, 0.3) is 0 Å². The SMILES string of the molecule is CCNC(=NCC(=O)N1CCN(c2ccccc2)CC1)NCCCN1CCCCCC1=O. The Labute approximate surface area is 192 Å². The Morgan fingerprint density at radius 3 is 2.53 bits per heavy atom. The molecule has 2 N–H and O–H groups in total. The van der Waals surface area contributed by atoms with E-state index in [1.165, 1.54) is 5.69 Å². The number of likely N-dealkylation sites (tertiary alicyclic amines) is 1. The van der Waals surface area contributed by atoms with E-state index in [-0.39, 0.29) is 18.4 Å². The van der Waals surface area contributed by atoms with Gasteiger partial charge in [0.15, 0.2) is 5.96 Å². The minimum absolute atomic E-state index is 0.0603. The van der Waals surface area contributed by atoms with Crippen LogP contribution in [0.25, 0.3) is 0 Å². The molecule has 2 heterocycles. The zero-order chi connectivity index (χ0) is 22.6. The molecule has 2 amide bonds. The van der Waals surface area contributed by atoms with Crippen LogP contribution in [0.5, 0.6) is 0 Å². The van der Waals surface area contributed by atoms with Gasteiger partial charge in [0, 0.05) is 64.5 Å². The van der Waals surface area contributed by atoms with E-state index in [0.29, 0.717) is 12.4 Å². The Bertz CT molecular complexity index is 746. The average molecular weight is 443 g/mol. The molecule has 8 nitrogen and oxygen atoms in total. The summed E-state index contributed by atoms with van der Waals surface area (Å²) in [4.78, 5) is 35.4. The first-order chi connectivity index (χ1) is 15.7. The van der Waals surface area contributed by atoms with Crippen LogP contribution >= 0.6 is 0 Å². The maximum atomic E-state index is 12.7. The van der Waals surface area contributed by atoms with Crippen molar-refractivity contribution in [3.63, 3.8) is 0 Å². The van der Waals surface area contributed by atoms with E-state index in [1.54, 1.807) is 0 Å². The lowest BCUT2D eigenvalue weighted by Gasteiger charge is -2.36. The van der Waals surface area contributed by atoms with Crippen LogP contribution in [0.1, 0.15) is 39.0 Å². The van der Waals surface area contributed by atoms with Gasteiger partial charge in [0.2, 0.25) is 11.8 Å². The summed E-state index contributed by atoms with van der Waals surface area (Å²) in [6.07, 6.45) is 4.81. The Kier molecular flexibility index (Phi) is 9.65. The van der Waals surface area contributed by atoms with Gasteiger partial charge < -0.3 is 25.3 Å². The first kappa shape index (κ1) is 23.9. The Morgan fingerprint density at radius 2 is 1.78 bits per heavy atom. The number of carbonyl (C=O) groups is 2. The predicted molar refractivity (Wildman–Crippen MR) is 129 cm³/mol. The van der Waals surface area contributed by atoms with Crippen molar-refractivity contribution in [2.24, 2.45) is 4.99 Å². The van der Waals surface area contributed by atoms with Gasteiger partial charge in [-0.3, -0.25) is 9.59 Å². The lowest BCUT2D eigenvalue weighted by Crippen LogP contribution is -2.49. The van der Waals surface area contributed by atoms with Crippen LogP contribution < -0.4 is 15.5 Å². The van der Waals surface area contributed by atoms with E-state index >= 15 is 0 Å². The minimum Gasteiger partial charge on any atom is -0.368 e. The van der Waals surface area contributed by atoms with Crippen LogP contribution in [0.3, 0.4) is 0 Å². The summed E-state index contributed by atoms with van der Waals surface area (Å²) in [7, 11) is 0. The molecule has 2 fully saturated rings. The van der Waals surface area contributed by atoms with Crippen molar-refractivity contribution in [1.82, 2.24) is 20.4 Å². The molecule has 0 aliphatic carbocycles. The van der Waals surface area contributed by atoms with Crippen LogP contribution in [0.15, 0.2) is 35.3 Å². The predicted octanol–water partition coefficient (Wildman–Crippen LogP) is 1.68. The van der Waals surface area contributed by atoms with Crippen LogP contribution in [0.4, 0.5) is 5.69 Å². The highest BCUT2D eigenvalue weighted by Crippen LogP contribution is 2.15. The fraction of sp³-hybridized carbons (Fsp3) is 0.625. The van der Waals surface area contributed by atoms with Crippen LogP contribution in [0.2, 0.25) is 0 Å². The standard InChI is InChI=1S/C24H38N6O2/c1-2-25-24(26-13-9-15-29-14-8-4-7-12-22(29)31)27-20-23(32)30-18-16-28(17-19-30)21-10-5-3-6-11-21/h3,5-6,10-11H,2,4,7-9,12-20H2,1H3,(H2,25,26,27). The number of nitrogens with one attached hydrogen (secondary N) is 2. The molecular formula is C24H38N6O2. The van der Waals surface area contributed by atoms with E-state index in [1.807, 2.05) is 34.9 Å². The van der Waals surface area contributed by atoms with Crippen molar-refractivity contribution >= 4 is 23.5 Å². The second kappa shape index (κ2) is 12.9. The monoisotopic (exact) mass is 442 g/mol. The maximum Gasteiger partial charge on any atom is 0.244 e. The molecule has 0 bridgehead atoms. The molecule has 176 valence electrons. The number of carbonyl (C=O) groups excluding carboxylic acids is 2. The topological polar surface area (TPSA) is 80.3 Å². The lowest BCUT2D eigenvalue weighted by molar-refractivity contribution is -0.131. The fourth-order valence-corrected chi connectivity index (χ4v) is 4.19. The first-order valence-electron chi connectivity index (χ1n) is 12.0. The first-order valence-corrected chi connectivity index (χ1v) is 12.0. The third kappa shape index (κ3) is 7.43. The van der Waals surface area contributed by atoms with Crippen molar-refractivity contribution in [3.8, 4) is 0 Å². The molecule has 3 rings (SSSR count). The summed E-state index contributed by atoms with van der Waals surface area (Å²) >= 11 is 0. The molecule has 2 aliphatic heterocycles. The molecule has 2 saturated heterocycles. The number of nitrogens with zero attached hydrogens (tertiary/aromatic N) is 4. The highest BCUT2D eigenvalue weighted by molar-refractivity contribution is 5.85. The maximum absolute atomic E-state index is 12.7. The van der Waals surface area contributed by atoms with Gasteiger partial charge in [0.05, 0.1) is 0 Å². The van der Waals surface area contributed by atoms with Crippen LogP contribution in [-0.2, 0) is 9.59 Å². The second-order valence-corrected chi connectivity index (χ2v) is 8.37. The summed E-state index contributed by atoms with van der Waals surface area (Å²) in [6, 6.07) is 10.3. The molecular weight excluding hydrogens is 404 g/mol. The summed E-state index contributed by atoms with van der Waals surface area (Å²) in [5.74, 6) is 0.997. The van der Waals surface area contributed by atoms with Gasteiger partial charge in [-0.25, -0.2) is 4.99 Å². The Balaban J connectivity index is 1.39. The summed E-state index contributed by atoms with van der Waals surface area (Å²) in [5, 5.41) is 6.51. The summed E-state index contributed by atoms with van der Waals surface area (Å²) < 4.78 is 0. The molecule has 0 aromatic heterocycles. The molecule has 0 radical (unpaired) electrons. The molecule has 32 heavy (non-hydrogen) atoms. The number of para-hydroxylation sites is 1. The number of guanidine groups is 1. The van der Waals surface area contributed by atoms with Crippen molar-refractivity contribution in [2.75, 3.05) is 63.8 Å². The molecule has 1 aromatic carbocycles. The van der Waals surface area contributed by atoms with Crippen molar-refractivity contribution < 1.29 is 9.59 Å². The third-order valence-corrected chi connectivity index (χ3v) is 6.04. The Hall–Kier alpha value is -2.77. The number of hydrogen-bond acceptors (Lipinski definition) is 4. The fourth-order valence-electron chi connectivity index (χ4n) is 4.19. The van der Waals surface area contributed by atoms with Gasteiger partial charge in [0.1, 0.15) is 6.54 Å². The quantitative estimate of drug-likeness (QED) is 0.364. The molecule has 0 unspecified atom stereocenters. The number of anilines is 1. The van der Waals surface area contributed by atoms with E-state index in [0.717, 1.165) is 78.0 Å². The number of hydrogen-bond donors (Lipinski definition) is 2. The molecule has 2 aliphatic rings. The van der Waals surface area contributed by atoms with E-state index in [9.17, 15) is 9.59 Å². The van der Waals surface area contributed by atoms with Crippen molar-refractivity contribution in [3.05, 3.63) is 30.3 Å². The molecule has 0 spiro atoms. The van der Waals surface area contributed by atoms with Gasteiger partial charge in [-0.05, 0) is 38.3 Å². The molecule has 0 saturated carbocycles. The van der Waals surface area contributed by atoms with Gasteiger partial charge >= 0.3 is 0 Å². The highest BCUT2D eigenvalue weighted by Gasteiger charge is 2.21.